The fourth-order valence-corrected chi connectivity index (χ4v) is 9.82. The minimum Gasteiger partial charge on any atom is -0.375 e. The van der Waals surface area contributed by atoms with Gasteiger partial charge < -0.3 is 5.32 Å². The second kappa shape index (κ2) is 11.4. The zero-order valence-corrected chi connectivity index (χ0v) is 30.8. The summed E-state index contributed by atoms with van der Waals surface area (Å²) in [4.78, 5) is 0. The minimum atomic E-state index is -0.239. The van der Waals surface area contributed by atoms with Crippen molar-refractivity contribution in [3.63, 3.8) is 0 Å². The van der Waals surface area contributed by atoms with Crippen LogP contribution in [0.1, 0.15) is 88.6 Å². The van der Waals surface area contributed by atoms with E-state index in [1.807, 2.05) is 0 Å². The first-order valence-corrected chi connectivity index (χ1v) is 18.9. The van der Waals surface area contributed by atoms with Crippen molar-refractivity contribution in [1.29, 1.82) is 0 Å². The van der Waals surface area contributed by atoms with Gasteiger partial charge in [0, 0.05) is 21.6 Å². The lowest BCUT2D eigenvalue weighted by Crippen LogP contribution is -2.35. The molecule has 51 heavy (non-hydrogen) atoms. The van der Waals surface area contributed by atoms with Gasteiger partial charge in [-0.2, -0.15) is 0 Å². The third kappa shape index (κ3) is 4.53. The van der Waals surface area contributed by atoms with Gasteiger partial charge >= 0.3 is 0 Å². The van der Waals surface area contributed by atoms with Crippen LogP contribution in [0.2, 0.25) is 0 Å². The monoisotopic (exact) mass is 661 g/mol. The Hall–Kier alpha value is -5.14. The highest BCUT2D eigenvalue weighted by Gasteiger charge is 2.42. The second-order valence-corrected chi connectivity index (χ2v) is 16.0. The Bertz CT molecular complexity index is 2440. The Kier molecular flexibility index (Phi) is 7.14. The molecule has 1 heteroatoms. The molecule has 7 aromatic carbocycles. The molecule has 0 radical (unpaired) electrons. The molecule has 2 aliphatic rings. The van der Waals surface area contributed by atoms with Crippen molar-refractivity contribution in [2.45, 2.75) is 77.2 Å². The van der Waals surface area contributed by atoms with E-state index in [9.17, 15) is 0 Å². The molecule has 0 spiro atoms. The van der Waals surface area contributed by atoms with Crippen molar-refractivity contribution < 1.29 is 0 Å². The predicted molar refractivity (Wildman–Crippen MR) is 219 cm³/mol. The topological polar surface area (TPSA) is 12.0 Å². The molecule has 0 bridgehead atoms. The van der Waals surface area contributed by atoms with Gasteiger partial charge in [-0.15, -0.1) is 0 Å². The van der Waals surface area contributed by atoms with Gasteiger partial charge in [0.25, 0.3) is 0 Å². The molecule has 0 aromatic heterocycles. The normalized spacial score (nSPS) is 16.0. The van der Waals surface area contributed by atoms with Crippen molar-refractivity contribution >= 4 is 27.2 Å². The molecular formula is C50H47N. The van der Waals surface area contributed by atoms with Crippen LogP contribution in [-0.2, 0) is 16.4 Å². The van der Waals surface area contributed by atoms with Gasteiger partial charge in [-0.1, -0.05) is 169 Å². The average molecular weight is 662 g/mol. The Morgan fingerprint density at radius 3 is 1.61 bits per heavy atom. The van der Waals surface area contributed by atoms with Gasteiger partial charge in [0.05, 0.1) is 11.2 Å². The van der Waals surface area contributed by atoms with Crippen LogP contribution >= 0.6 is 0 Å². The second-order valence-electron chi connectivity index (χ2n) is 16.0. The van der Waals surface area contributed by atoms with Gasteiger partial charge in [0.1, 0.15) is 0 Å². The lowest BCUT2D eigenvalue weighted by molar-refractivity contribution is 0.428. The van der Waals surface area contributed by atoms with Crippen molar-refractivity contribution in [1.82, 2.24) is 0 Å². The van der Waals surface area contributed by atoms with E-state index in [1.165, 1.54) is 88.4 Å². The van der Waals surface area contributed by atoms with E-state index >= 15 is 0 Å². The molecule has 0 fully saturated rings. The molecule has 0 saturated heterocycles. The zero-order chi connectivity index (χ0) is 35.1. The summed E-state index contributed by atoms with van der Waals surface area (Å²) in [5.74, 6) is 0. The Balaban J connectivity index is 1.21. The van der Waals surface area contributed by atoms with E-state index in [2.05, 4.69) is 180 Å². The predicted octanol–water partition coefficient (Wildman–Crippen LogP) is 13.8. The highest BCUT2D eigenvalue weighted by molar-refractivity contribution is 6.20. The maximum Gasteiger partial charge on any atom is 0.0623 e. The Morgan fingerprint density at radius 2 is 1.00 bits per heavy atom. The number of hydrogen-bond acceptors (Lipinski definition) is 1. The first-order chi connectivity index (χ1) is 24.7. The number of hydrogen-bond donors (Lipinski definition) is 1. The van der Waals surface area contributed by atoms with E-state index in [1.54, 1.807) is 0 Å². The van der Waals surface area contributed by atoms with E-state index in [0.717, 1.165) is 19.3 Å². The quantitative estimate of drug-likeness (QED) is 0.168. The van der Waals surface area contributed by atoms with Crippen LogP contribution in [0.5, 0.6) is 0 Å². The van der Waals surface area contributed by atoms with Crippen molar-refractivity contribution in [3.8, 4) is 33.4 Å². The maximum atomic E-state index is 4.32. The van der Waals surface area contributed by atoms with Crippen LogP contribution in [0.15, 0.2) is 133 Å². The van der Waals surface area contributed by atoms with Crippen LogP contribution < -0.4 is 5.32 Å². The van der Waals surface area contributed by atoms with E-state index in [4.69, 9.17) is 0 Å². The first-order valence-electron chi connectivity index (χ1n) is 18.9. The molecule has 252 valence electrons. The minimum absolute atomic E-state index is 0.0161. The van der Waals surface area contributed by atoms with Crippen molar-refractivity contribution in [3.05, 3.63) is 161 Å². The molecule has 0 heterocycles. The molecule has 1 atom stereocenters. The summed E-state index contributed by atoms with van der Waals surface area (Å²) in [5, 5.41) is 9.44. The molecule has 1 N–H and O–H groups in total. The lowest BCUT2D eigenvalue weighted by Gasteiger charge is -2.38. The molecule has 0 saturated carbocycles. The van der Waals surface area contributed by atoms with Crippen LogP contribution in [0.25, 0.3) is 54.9 Å². The zero-order valence-electron chi connectivity index (χ0n) is 30.8. The maximum absolute atomic E-state index is 4.32. The smallest absolute Gasteiger partial charge is 0.0623 e. The summed E-state index contributed by atoms with van der Waals surface area (Å²) >= 11 is 0. The molecule has 1 unspecified atom stereocenters. The summed E-state index contributed by atoms with van der Waals surface area (Å²) < 4.78 is 0. The van der Waals surface area contributed by atoms with Crippen LogP contribution in [0, 0.1) is 0 Å². The van der Waals surface area contributed by atoms with Crippen LogP contribution in [0.4, 0.5) is 5.69 Å². The first kappa shape index (κ1) is 31.8. The fraction of sp³-hybridized carbons (Fsp3) is 0.240. The van der Waals surface area contributed by atoms with Crippen LogP contribution in [0.3, 0.4) is 0 Å². The van der Waals surface area contributed by atoms with E-state index < -0.39 is 0 Å². The van der Waals surface area contributed by atoms with Gasteiger partial charge in [0.2, 0.25) is 0 Å². The molecule has 2 aliphatic carbocycles. The highest BCUT2D eigenvalue weighted by Crippen LogP contribution is 2.57. The summed E-state index contributed by atoms with van der Waals surface area (Å²) in [5.41, 5.74) is 16.2. The number of fused-ring (bicyclic) bond motifs is 8. The van der Waals surface area contributed by atoms with E-state index in [-0.39, 0.29) is 16.4 Å². The van der Waals surface area contributed by atoms with Gasteiger partial charge in [-0.25, -0.2) is 0 Å². The largest absolute Gasteiger partial charge is 0.375 e. The molecule has 1 nitrogen and oxygen atoms in total. The number of rotatable bonds is 7. The molecule has 9 rings (SSSR count). The molecular weight excluding hydrogens is 615 g/mol. The standard InChI is InChI=1S/C50H47N/c1-7-28-50(8-2,51-47-38-23-14-12-21-36(38)46(32-18-10-9-11-19-32)37-22-13-15-24-39(37)47)33-26-27-35-41-31-44-40(30-45(41)49(5,6)43(35)29-33)34-20-16-17-25-42(34)48(44,3)4/h9-27,29-31,51H,7-8,28H2,1-6H3. The molecule has 0 amide bonds. The summed E-state index contributed by atoms with van der Waals surface area (Å²) in [6, 6.07) is 50.4. The number of anilines is 1. The third-order valence-electron chi connectivity index (χ3n) is 12.6. The van der Waals surface area contributed by atoms with Crippen molar-refractivity contribution in [2.75, 3.05) is 5.32 Å². The SMILES string of the molecule is CCCC(CC)(Nc1c2ccccc2c(-c2ccccc2)c2ccccc12)c1ccc2c(c1)C(C)(C)c1cc3c(cc1-2)C(C)(C)c1ccccc1-3. The number of nitrogens with one attached hydrogen (secondary N) is 1. The summed E-state index contributed by atoms with van der Waals surface area (Å²) in [6.45, 7) is 14.3. The lowest BCUT2D eigenvalue weighted by atomic mass is 9.77. The highest BCUT2D eigenvalue weighted by atomic mass is 15.0. The molecule has 7 aromatic rings. The fourth-order valence-electron chi connectivity index (χ4n) is 9.82. The summed E-state index contributed by atoms with van der Waals surface area (Å²) in [6.07, 6.45) is 3.11. The van der Waals surface area contributed by atoms with Gasteiger partial charge in [-0.3, -0.25) is 0 Å². The van der Waals surface area contributed by atoms with Gasteiger partial charge in [-0.05, 0) is 96.9 Å². The summed E-state index contributed by atoms with van der Waals surface area (Å²) in [7, 11) is 0. The molecule has 0 aliphatic heterocycles. The number of benzene rings is 7. The Morgan fingerprint density at radius 1 is 0.490 bits per heavy atom. The Labute approximate surface area is 303 Å². The van der Waals surface area contributed by atoms with Crippen LogP contribution in [-0.4, -0.2) is 0 Å². The van der Waals surface area contributed by atoms with Crippen molar-refractivity contribution in [2.24, 2.45) is 0 Å². The average Bonchev–Trinajstić information content (AvgIpc) is 3.52. The third-order valence-corrected chi connectivity index (χ3v) is 12.6. The van der Waals surface area contributed by atoms with E-state index in [0.29, 0.717) is 0 Å². The van der Waals surface area contributed by atoms with Gasteiger partial charge in [0.15, 0.2) is 0 Å².